The fourth-order valence-electron chi connectivity index (χ4n) is 2.56. The predicted molar refractivity (Wildman–Crippen MR) is 82.7 cm³/mol. The lowest BCUT2D eigenvalue weighted by Gasteiger charge is -2.20. The van der Waals surface area contributed by atoms with Gasteiger partial charge in [-0.2, -0.15) is 0 Å². The molecule has 1 aromatic rings. The van der Waals surface area contributed by atoms with Gasteiger partial charge in [0.25, 0.3) is 0 Å². The Morgan fingerprint density at radius 3 is 2.81 bits per heavy atom. The lowest BCUT2D eigenvalue weighted by Crippen LogP contribution is -2.41. The van der Waals surface area contributed by atoms with E-state index in [0.717, 1.165) is 29.7 Å². The summed E-state index contributed by atoms with van der Waals surface area (Å²) in [4.78, 5) is 22.8. The number of primary amides is 1. The normalized spacial score (nSPS) is 15.5. The smallest absolute Gasteiger partial charge is 0.234 e. The van der Waals surface area contributed by atoms with Crippen molar-refractivity contribution in [1.29, 1.82) is 0 Å². The van der Waals surface area contributed by atoms with E-state index in [1.807, 2.05) is 12.1 Å². The number of benzene rings is 1. The second kappa shape index (κ2) is 6.72. The third kappa shape index (κ3) is 4.29. The van der Waals surface area contributed by atoms with E-state index in [0.29, 0.717) is 18.9 Å². The number of hydrogen-bond acceptors (Lipinski definition) is 3. The molecule has 0 bridgehead atoms. The van der Waals surface area contributed by atoms with Gasteiger partial charge in [0.1, 0.15) is 0 Å². The third-order valence-corrected chi connectivity index (χ3v) is 3.67. The Morgan fingerprint density at radius 2 is 2.14 bits per heavy atom. The summed E-state index contributed by atoms with van der Waals surface area (Å²) in [5.74, 6) is 0.168. The summed E-state index contributed by atoms with van der Waals surface area (Å²) in [6.45, 7) is 4.74. The molecule has 1 aromatic carbocycles. The van der Waals surface area contributed by atoms with Gasteiger partial charge >= 0.3 is 0 Å². The van der Waals surface area contributed by atoms with Crippen LogP contribution >= 0.6 is 0 Å². The van der Waals surface area contributed by atoms with Crippen LogP contribution in [0.1, 0.15) is 37.8 Å². The van der Waals surface area contributed by atoms with E-state index in [9.17, 15) is 9.59 Å². The van der Waals surface area contributed by atoms with Crippen molar-refractivity contribution in [3.05, 3.63) is 29.3 Å². The lowest BCUT2D eigenvalue weighted by molar-refractivity contribution is -0.120. The van der Waals surface area contributed by atoms with E-state index in [-0.39, 0.29) is 17.9 Å². The Hall–Kier alpha value is -1.88. The first-order valence-corrected chi connectivity index (χ1v) is 7.40. The maximum absolute atomic E-state index is 11.4. The number of anilines is 1. The fourth-order valence-corrected chi connectivity index (χ4v) is 2.56. The van der Waals surface area contributed by atoms with E-state index in [4.69, 9.17) is 5.73 Å². The van der Waals surface area contributed by atoms with Crippen LogP contribution < -0.4 is 16.4 Å². The number of nitrogens with two attached hydrogens (primary N) is 1. The Labute approximate surface area is 125 Å². The molecule has 0 unspecified atom stereocenters. The molecular weight excluding hydrogens is 266 g/mol. The Kier molecular flexibility index (Phi) is 4.96. The second-order valence-corrected chi connectivity index (χ2v) is 6.01. The number of carbonyl (C=O) groups is 2. The van der Waals surface area contributed by atoms with Gasteiger partial charge in [-0.1, -0.05) is 26.0 Å². The quantitative estimate of drug-likeness (QED) is 0.743. The average molecular weight is 289 g/mol. The zero-order valence-corrected chi connectivity index (χ0v) is 12.6. The number of nitrogens with one attached hydrogen (secondary N) is 2. The van der Waals surface area contributed by atoms with Crippen molar-refractivity contribution in [2.24, 2.45) is 11.7 Å². The number of rotatable bonds is 6. The molecule has 2 amide bonds. The van der Waals surface area contributed by atoms with Crippen LogP contribution in [0.2, 0.25) is 0 Å². The summed E-state index contributed by atoms with van der Waals surface area (Å²) in [6, 6.07) is 5.66. The van der Waals surface area contributed by atoms with Crippen LogP contribution in [0, 0.1) is 5.92 Å². The first kappa shape index (κ1) is 15.5. The minimum absolute atomic E-state index is 0.0686. The molecule has 0 saturated carbocycles. The van der Waals surface area contributed by atoms with Gasteiger partial charge in [-0.3, -0.25) is 9.59 Å². The molecule has 0 saturated heterocycles. The molecule has 0 aliphatic carbocycles. The first-order chi connectivity index (χ1) is 9.95. The summed E-state index contributed by atoms with van der Waals surface area (Å²) in [7, 11) is 0. The van der Waals surface area contributed by atoms with Crippen LogP contribution in [-0.4, -0.2) is 17.9 Å². The van der Waals surface area contributed by atoms with E-state index in [1.54, 1.807) is 0 Å². The SMILES string of the molecule is CC(C)C[C@@H](NCc1ccc2c(c1)CCC(=O)N2)C(N)=O. The molecule has 5 nitrogen and oxygen atoms in total. The van der Waals surface area contributed by atoms with Gasteiger partial charge in [0.15, 0.2) is 0 Å². The molecule has 1 aliphatic heterocycles. The van der Waals surface area contributed by atoms with Crippen molar-refractivity contribution in [2.75, 3.05) is 5.32 Å². The molecule has 4 N–H and O–H groups in total. The summed E-state index contributed by atoms with van der Waals surface area (Å²) in [6.07, 6.45) is 2.03. The van der Waals surface area contributed by atoms with Gasteiger partial charge in [0.05, 0.1) is 6.04 Å². The monoisotopic (exact) mass is 289 g/mol. The van der Waals surface area contributed by atoms with Crippen molar-refractivity contribution in [3.63, 3.8) is 0 Å². The number of fused-ring (bicyclic) bond motifs is 1. The largest absolute Gasteiger partial charge is 0.368 e. The zero-order chi connectivity index (χ0) is 15.4. The number of hydrogen-bond donors (Lipinski definition) is 3. The maximum Gasteiger partial charge on any atom is 0.234 e. The van der Waals surface area contributed by atoms with Crippen molar-refractivity contribution in [3.8, 4) is 0 Å². The van der Waals surface area contributed by atoms with Crippen LogP contribution in [0.3, 0.4) is 0 Å². The molecule has 114 valence electrons. The molecule has 2 rings (SSSR count). The molecule has 1 atom stereocenters. The number of aryl methyl sites for hydroxylation is 1. The molecule has 21 heavy (non-hydrogen) atoms. The number of amides is 2. The van der Waals surface area contributed by atoms with Gasteiger partial charge in [0.2, 0.25) is 11.8 Å². The third-order valence-electron chi connectivity index (χ3n) is 3.67. The van der Waals surface area contributed by atoms with Crippen molar-refractivity contribution in [2.45, 2.75) is 45.7 Å². The van der Waals surface area contributed by atoms with E-state index >= 15 is 0 Å². The molecule has 0 fully saturated rings. The van der Waals surface area contributed by atoms with Crippen LogP contribution in [0.15, 0.2) is 18.2 Å². The van der Waals surface area contributed by atoms with Crippen LogP contribution in [0.5, 0.6) is 0 Å². The van der Waals surface area contributed by atoms with E-state index < -0.39 is 0 Å². The highest BCUT2D eigenvalue weighted by Crippen LogP contribution is 2.23. The van der Waals surface area contributed by atoms with Gasteiger partial charge < -0.3 is 16.4 Å². The fraction of sp³-hybridized carbons (Fsp3) is 0.500. The summed E-state index contributed by atoms with van der Waals surface area (Å²) in [5, 5.41) is 6.08. The van der Waals surface area contributed by atoms with Crippen LogP contribution in [0.4, 0.5) is 5.69 Å². The molecule has 5 heteroatoms. The summed E-state index contributed by atoms with van der Waals surface area (Å²) in [5.41, 5.74) is 8.56. The molecular formula is C16H23N3O2. The summed E-state index contributed by atoms with van der Waals surface area (Å²) >= 11 is 0. The second-order valence-electron chi connectivity index (χ2n) is 6.01. The highest BCUT2D eigenvalue weighted by Gasteiger charge is 2.17. The Morgan fingerprint density at radius 1 is 1.38 bits per heavy atom. The minimum atomic E-state index is -0.311. The topological polar surface area (TPSA) is 84.2 Å². The van der Waals surface area contributed by atoms with Crippen molar-refractivity contribution < 1.29 is 9.59 Å². The van der Waals surface area contributed by atoms with Gasteiger partial charge in [0, 0.05) is 18.7 Å². The van der Waals surface area contributed by atoms with Crippen molar-refractivity contribution in [1.82, 2.24) is 5.32 Å². The summed E-state index contributed by atoms with van der Waals surface area (Å²) < 4.78 is 0. The minimum Gasteiger partial charge on any atom is -0.368 e. The van der Waals surface area contributed by atoms with Crippen LogP contribution in [0.25, 0.3) is 0 Å². The van der Waals surface area contributed by atoms with Crippen molar-refractivity contribution >= 4 is 17.5 Å². The lowest BCUT2D eigenvalue weighted by atomic mass is 9.99. The Balaban J connectivity index is 2.00. The Bertz CT molecular complexity index is 540. The van der Waals surface area contributed by atoms with Crippen LogP contribution in [-0.2, 0) is 22.6 Å². The van der Waals surface area contributed by atoms with E-state index in [2.05, 4.69) is 30.5 Å². The zero-order valence-electron chi connectivity index (χ0n) is 12.6. The predicted octanol–water partition coefficient (Wildman–Crippen LogP) is 1.56. The van der Waals surface area contributed by atoms with Gasteiger partial charge in [-0.05, 0) is 36.0 Å². The first-order valence-electron chi connectivity index (χ1n) is 7.40. The van der Waals surface area contributed by atoms with E-state index in [1.165, 1.54) is 0 Å². The average Bonchev–Trinajstić information content (AvgIpc) is 2.42. The number of carbonyl (C=O) groups excluding carboxylic acids is 2. The standard InChI is InChI=1S/C16H23N3O2/c1-10(2)7-14(16(17)21)18-9-11-3-5-13-12(8-11)4-6-15(20)19-13/h3,5,8,10,14,18H,4,6-7,9H2,1-2H3,(H2,17,21)(H,19,20)/t14-/m1/s1. The molecule has 0 radical (unpaired) electrons. The molecule has 0 aromatic heterocycles. The van der Waals surface area contributed by atoms with Gasteiger partial charge in [-0.15, -0.1) is 0 Å². The molecule has 1 aliphatic rings. The molecule has 1 heterocycles. The highest BCUT2D eigenvalue weighted by molar-refractivity contribution is 5.93. The molecule has 0 spiro atoms. The van der Waals surface area contributed by atoms with Gasteiger partial charge in [-0.25, -0.2) is 0 Å². The highest BCUT2D eigenvalue weighted by atomic mass is 16.2. The maximum atomic E-state index is 11.4.